The van der Waals surface area contributed by atoms with Crippen molar-refractivity contribution in [2.75, 3.05) is 7.11 Å². The van der Waals surface area contributed by atoms with Gasteiger partial charge in [0.2, 0.25) is 5.89 Å². The number of ether oxygens (including phenoxy) is 1. The van der Waals surface area contributed by atoms with Gasteiger partial charge in [-0.2, -0.15) is 4.98 Å². The fourth-order valence-corrected chi connectivity index (χ4v) is 3.14. The maximum Gasteiger partial charge on any atom is 0.226 e. The second-order valence-electron chi connectivity index (χ2n) is 5.82. The number of aryl methyl sites for hydroxylation is 3. The van der Waals surface area contributed by atoms with Crippen molar-refractivity contribution in [2.45, 2.75) is 26.3 Å². The van der Waals surface area contributed by atoms with E-state index in [0.717, 1.165) is 41.9 Å². The largest absolute Gasteiger partial charge is 0.497 e. The zero-order chi connectivity index (χ0) is 18.5. The van der Waals surface area contributed by atoms with Crippen LogP contribution in [0.2, 0.25) is 0 Å². The molecule has 1 aromatic carbocycles. The Morgan fingerprint density at radius 3 is 2.73 bits per heavy atom. The number of methoxy groups -OCH3 is 1. The van der Waals surface area contributed by atoms with Crippen LogP contribution in [-0.4, -0.2) is 33.6 Å². The van der Waals surface area contributed by atoms with Gasteiger partial charge in [-0.25, -0.2) is 0 Å². The van der Waals surface area contributed by atoms with Crippen LogP contribution in [0.5, 0.6) is 5.75 Å². The van der Waals surface area contributed by atoms with Gasteiger partial charge in [0, 0.05) is 35.5 Å². The highest BCUT2D eigenvalue weighted by Gasteiger charge is 2.12. The number of benzene rings is 1. The van der Waals surface area contributed by atoms with Crippen molar-refractivity contribution in [1.29, 1.82) is 0 Å². The minimum Gasteiger partial charge on any atom is -0.497 e. The Morgan fingerprint density at radius 1 is 1.15 bits per heavy atom. The summed E-state index contributed by atoms with van der Waals surface area (Å²) < 4.78 is 12.8. The summed E-state index contributed by atoms with van der Waals surface area (Å²) in [5.74, 6) is 1.52. The van der Waals surface area contributed by atoms with E-state index in [1.807, 2.05) is 26.0 Å². The van der Waals surface area contributed by atoms with E-state index >= 15 is 0 Å². The number of aromatic nitrogens is 4. The Bertz CT molecular complexity index is 1010. The van der Waals surface area contributed by atoms with E-state index < -0.39 is 0 Å². The Kier molecular flexibility index (Phi) is 5.26. The standard InChI is InChI=1S/C18H18N4O2.CH2O/c1-12-8-15-14-6-5-13(23-2)9-16(14)22(17(15)10-19-12)7-3-4-18-20-11-21-24-18;1-2/h5-6,8-11H,3-4,7H2,1-2H3;1H2. The van der Waals surface area contributed by atoms with Gasteiger partial charge < -0.3 is 18.6 Å². The van der Waals surface area contributed by atoms with E-state index in [-0.39, 0.29) is 0 Å². The van der Waals surface area contributed by atoms with Crippen LogP contribution in [0.3, 0.4) is 0 Å². The van der Waals surface area contributed by atoms with Gasteiger partial charge in [-0.3, -0.25) is 4.98 Å². The van der Waals surface area contributed by atoms with Gasteiger partial charge in [0.05, 0.1) is 24.3 Å². The van der Waals surface area contributed by atoms with Gasteiger partial charge in [-0.05, 0) is 31.5 Å². The van der Waals surface area contributed by atoms with E-state index in [4.69, 9.17) is 14.1 Å². The maximum absolute atomic E-state index is 8.00. The molecule has 134 valence electrons. The number of fused-ring (bicyclic) bond motifs is 3. The number of hydrogen-bond acceptors (Lipinski definition) is 6. The molecule has 0 amide bonds. The van der Waals surface area contributed by atoms with Gasteiger partial charge in [-0.1, -0.05) is 5.16 Å². The van der Waals surface area contributed by atoms with Crippen molar-refractivity contribution in [3.05, 3.63) is 48.4 Å². The number of hydrogen-bond donors (Lipinski definition) is 0. The predicted molar refractivity (Wildman–Crippen MR) is 98.3 cm³/mol. The van der Waals surface area contributed by atoms with Crippen molar-refractivity contribution in [2.24, 2.45) is 0 Å². The molecule has 26 heavy (non-hydrogen) atoms. The fourth-order valence-electron chi connectivity index (χ4n) is 3.14. The van der Waals surface area contributed by atoms with Crippen molar-refractivity contribution < 1.29 is 14.1 Å². The van der Waals surface area contributed by atoms with E-state index in [1.54, 1.807) is 7.11 Å². The minimum absolute atomic E-state index is 0.669. The first kappa shape index (κ1) is 17.6. The van der Waals surface area contributed by atoms with Crippen molar-refractivity contribution >= 4 is 28.6 Å². The molecule has 0 N–H and O–H groups in total. The number of nitrogens with zero attached hydrogens (tertiary/aromatic N) is 4. The fraction of sp³-hybridized carbons (Fsp3) is 0.263. The second-order valence-corrected chi connectivity index (χ2v) is 5.82. The molecule has 0 aliphatic rings. The van der Waals surface area contributed by atoms with Crippen LogP contribution in [0.1, 0.15) is 18.0 Å². The lowest BCUT2D eigenvalue weighted by Crippen LogP contribution is -2.00. The van der Waals surface area contributed by atoms with Crippen LogP contribution in [0.25, 0.3) is 21.8 Å². The summed E-state index contributed by atoms with van der Waals surface area (Å²) in [6.07, 6.45) is 5.05. The Balaban J connectivity index is 0.000000948. The summed E-state index contributed by atoms with van der Waals surface area (Å²) in [6, 6.07) is 8.33. The molecule has 0 aliphatic carbocycles. The first-order valence-electron chi connectivity index (χ1n) is 8.23. The summed E-state index contributed by atoms with van der Waals surface area (Å²) in [6.45, 7) is 4.86. The van der Waals surface area contributed by atoms with Gasteiger partial charge in [0.25, 0.3) is 0 Å². The second kappa shape index (κ2) is 7.77. The van der Waals surface area contributed by atoms with E-state index in [2.05, 4.69) is 37.9 Å². The SMILES string of the molecule is C=O.COc1ccc2c3cc(C)ncc3n(CCCc3ncno3)c2c1. The lowest BCUT2D eigenvalue weighted by Gasteiger charge is -2.07. The van der Waals surface area contributed by atoms with Gasteiger partial charge in [0.15, 0.2) is 6.33 Å². The average Bonchev–Trinajstić information content (AvgIpc) is 3.30. The summed E-state index contributed by atoms with van der Waals surface area (Å²) in [5.41, 5.74) is 3.31. The van der Waals surface area contributed by atoms with Gasteiger partial charge in [0.1, 0.15) is 12.5 Å². The summed E-state index contributed by atoms with van der Waals surface area (Å²) in [7, 11) is 1.69. The zero-order valence-electron chi connectivity index (χ0n) is 14.8. The lowest BCUT2D eigenvalue weighted by molar-refractivity contribution is -0.0979. The van der Waals surface area contributed by atoms with Crippen molar-refractivity contribution in [3.63, 3.8) is 0 Å². The van der Waals surface area contributed by atoms with Gasteiger partial charge in [-0.15, -0.1) is 0 Å². The summed E-state index contributed by atoms with van der Waals surface area (Å²) >= 11 is 0. The molecule has 0 bridgehead atoms. The first-order chi connectivity index (χ1) is 12.8. The summed E-state index contributed by atoms with van der Waals surface area (Å²) in [5, 5.41) is 6.09. The molecule has 0 saturated carbocycles. The molecule has 4 aromatic rings. The quantitative estimate of drug-likeness (QED) is 0.548. The average molecular weight is 352 g/mol. The number of carbonyl (C=O) groups is 1. The van der Waals surface area contributed by atoms with Crippen LogP contribution in [0.4, 0.5) is 0 Å². The van der Waals surface area contributed by atoms with E-state index in [0.29, 0.717) is 5.89 Å². The molecular formula is C19H20N4O3. The molecule has 0 radical (unpaired) electrons. The molecular weight excluding hydrogens is 332 g/mol. The molecule has 0 spiro atoms. The smallest absolute Gasteiger partial charge is 0.226 e. The number of carbonyl (C=O) groups excluding carboxylic acids is 1. The molecule has 7 nitrogen and oxygen atoms in total. The first-order valence-corrected chi connectivity index (χ1v) is 8.23. The summed E-state index contributed by atoms with van der Waals surface area (Å²) in [4.78, 5) is 16.6. The molecule has 0 saturated heterocycles. The van der Waals surface area contributed by atoms with Crippen molar-refractivity contribution in [1.82, 2.24) is 19.7 Å². The number of rotatable bonds is 5. The molecule has 3 heterocycles. The molecule has 0 atom stereocenters. The molecule has 0 fully saturated rings. The topological polar surface area (TPSA) is 83.0 Å². The third-order valence-corrected chi connectivity index (χ3v) is 4.28. The predicted octanol–water partition coefficient (Wildman–Crippen LogP) is 3.34. The maximum atomic E-state index is 8.00. The van der Waals surface area contributed by atoms with E-state index in [1.165, 1.54) is 17.1 Å². The highest BCUT2D eigenvalue weighted by atomic mass is 16.5. The monoisotopic (exact) mass is 352 g/mol. The Morgan fingerprint density at radius 2 is 2.00 bits per heavy atom. The Hall–Kier alpha value is -3.22. The molecule has 0 unspecified atom stereocenters. The number of pyridine rings is 1. The molecule has 0 aliphatic heterocycles. The van der Waals surface area contributed by atoms with Gasteiger partial charge >= 0.3 is 0 Å². The highest BCUT2D eigenvalue weighted by Crippen LogP contribution is 2.31. The van der Waals surface area contributed by atoms with Crippen LogP contribution >= 0.6 is 0 Å². The highest BCUT2D eigenvalue weighted by molar-refractivity contribution is 6.08. The van der Waals surface area contributed by atoms with Crippen molar-refractivity contribution in [3.8, 4) is 5.75 Å². The molecule has 3 aromatic heterocycles. The van der Waals surface area contributed by atoms with Crippen LogP contribution in [0, 0.1) is 6.92 Å². The Labute approximate surface area is 150 Å². The minimum atomic E-state index is 0.669. The van der Waals surface area contributed by atoms with E-state index in [9.17, 15) is 0 Å². The van der Waals surface area contributed by atoms with Crippen LogP contribution in [-0.2, 0) is 17.8 Å². The molecule has 4 rings (SSSR count). The zero-order valence-corrected chi connectivity index (χ0v) is 14.8. The van der Waals surface area contributed by atoms with Crippen LogP contribution < -0.4 is 4.74 Å². The normalized spacial score (nSPS) is 10.7. The third kappa shape index (κ3) is 3.28. The third-order valence-electron chi connectivity index (χ3n) is 4.28. The lowest BCUT2D eigenvalue weighted by atomic mass is 10.1. The molecule has 7 heteroatoms. The van der Waals surface area contributed by atoms with Crippen LogP contribution in [0.15, 0.2) is 41.3 Å².